The standard InChI is InChI=1S/C49H36N2O/c1-33-20-26-38(27-21-33)50(39-28-22-35(23-29-39)34-12-4-2-5-13-34)40-30-24-36(25-31-40)43-32-44-41-16-9-11-19-46(41)52-49(44)48-47(43)42-17-8-10-18-45(42)51(48)37-14-6-3-7-15-37/h2-20,22-33H,21H2,1H3. The maximum absolute atomic E-state index is 6.72. The SMILES string of the molecule is CC1C=CC(N(c2ccc(-c3ccccc3)cc2)c2ccc(-c3cc4c5ccccc5oc4c4c3c3ccccc3n4-c3ccccc3)cc2)=CC1. The molecule has 2 aromatic heterocycles. The van der Waals surface area contributed by atoms with Crippen molar-refractivity contribution in [2.24, 2.45) is 5.92 Å². The Hall–Kier alpha value is -6.58. The molecule has 52 heavy (non-hydrogen) atoms. The van der Waals surface area contributed by atoms with E-state index in [1.165, 1.54) is 33.2 Å². The van der Waals surface area contributed by atoms with Gasteiger partial charge in [0, 0.05) is 44.3 Å². The Balaban J connectivity index is 1.17. The average Bonchev–Trinajstić information content (AvgIpc) is 3.76. The van der Waals surface area contributed by atoms with Crippen LogP contribution in [0.25, 0.3) is 71.7 Å². The van der Waals surface area contributed by atoms with Crippen LogP contribution in [0.1, 0.15) is 13.3 Å². The smallest absolute Gasteiger partial charge is 0.160 e. The molecule has 1 aliphatic carbocycles. The number of para-hydroxylation sites is 3. The summed E-state index contributed by atoms with van der Waals surface area (Å²) >= 11 is 0. The number of rotatable bonds is 6. The number of allylic oxidation sites excluding steroid dienone is 3. The molecule has 0 aliphatic heterocycles. The van der Waals surface area contributed by atoms with Crippen molar-refractivity contribution < 1.29 is 4.42 Å². The van der Waals surface area contributed by atoms with Crippen LogP contribution in [-0.4, -0.2) is 4.57 Å². The Kier molecular flexibility index (Phi) is 7.17. The summed E-state index contributed by atoms with van der Waals surface area (Å²) in [5.74, 6) is 0.530. The Morgan fingerprint density at radius 3 is 1.92 bits per heavy atom. The van der Waals surface area contributed by atoms with E-state index in [2.05, 4.69) is 192 Å². The number of benzene rings is 7. The summed E-state index contributed by atoms with van der Waals surface area (Å²) in [4.78, 5) is 2.38. The summed E-state index contributed by atoms with van der Waals surface area (Å²) in [6, 6.07) is 58.7. The molecule has 7 aromatic carbocycles. The first-order valence-corrected chi connectivity index (χ1v) is 18.1. The number of hydrogen-bond donors (Lipinski definition) is 0. The first kappa shape index (κ1) is 30.3. The minimum atomic E-state index is 0.530. The van der Waals surface area contributed by atoms with Crippen LogP contribution < -0.4 is 4.90 Å². The summed E-state index contributed by atoms with van der Waals surface area (Å²) < 4.78 is 9.09. The molecular weight excluding hydrogens is 633 g/mol. The maximum Gasteiger partial charge on any atom is 0.160 e. The molecule has 0 amide bonds. The van der Waals surface area contributed by atoms with E-state index < -0.39 is 0 Å². The zero-order chi connectivity index (χ0) is 34.6. The highest BCUT2D eigenvalue weighted by atomic mass is 16.3. The molecule has 10 rings (SSSR count). The van der Waals surface area contributed by atoms with Crippen molar-refractivity contribution in [3.05, 3.63) is 188 Å². The van der Waals surface area contributed by atoms with E-state index in [1.54, 1.807) is 0 Å². The molecule has 3 heteroatoms. The molecule has 0 spiro atoms. The molecule has 0 radical (unpaired) electrons. The second-order valence-corrected chi connectivity index (χ2v) is 13.8. The number of aromatic nitrogens is 1. The Bertz CT molecular complexity index is 2800. The van der Waals surface area contributed by atoms with Crippen LogP contribution in [0.2, 0.25) is 0 Å². The molecule has 0 fully saturated rings. The number of fused-ring (bicyclic) bond motifs is 7. The molecule has 9 aromatic rings. The highest BCUT2D eigenvalue weighted by Crippen LogP contribution is 2.46. The average molecular weight is 669 g/mol. The van der Waals surface area contributed by atoms with Gasteiger partial charge in [0.25, 0.3) is 0 Å². The van der Waals surface area contributed by atoms with Crippen molar-refractivity contribution in [1.82, 2.24) is 4.57 Å². The van der Waals surface area contributed by atoms with E-state index in [1.807, 2.05) is 6.07 Å². The third kappa shape index (κ3) is 4.97. The Labute approximate surface area is 303 Å². The van der Waals surface area contributed by atoms with Crippen LogP contribution in [0.15, 0.2) is 192 Å². The van der Waals surface area contributed by atoms with Gasteiger partial charge < -0.3 is 13.9 Å². The van der Waals surface area contributed by atoms with Crippen LogP contribution in [0.5, 0.6) is 0 Å². The number of hydrogen-bond acceptors (Lipinski definition) is 2. The summed E-state index contributed by atoms with van der Waals surface area (Å²) in [5, 5.41) is 4.64. The van der Waals surface area contributed by atoms with Gasteiger partial charge in [0.1, 0.15) is 5.58 Å². The molecule has 1 atom stereocenters. The highest BCUT2D eigenvalue weighted by molar-refractivity contribution is 6.26. The molecule has 0 saturated heterocycles. The predicted molar refractivity (Wildman–Crippen MR) is 219 cm³/mol. The third-order valence-corrected chi connectivity index (χ3v) is 10.5. The van der Waals surface area contributed by atoms with Crippen molar-refractivity contribution in [1.29, 1.82) is 0 Å². The van der Waals surface area contributed by atoms with Gasteiger partial charge in [-0.3, -0.25) is 0 Å². The molecular formula is C49H36N2O. The van der Waals surface area contributed by atoms with Crippen molar-refractivity contribution in [2.45, 2.75) is 13.3 Å². The first-order valence-electron chi connectivity index (χ1n) is 18.1. The largest absolute Gasteiger partial charge is 0.454 e. The van der Waals surface area contributed by atoms with Crippen molar-refractivity contribution in [3.8, 4) is 27.9 Å². The second-order valence-electron chi connectivity index (χ2n) is 13.8. The predicted octanol–water partition coefficient (Wildman–Crippen LogP) is 13.6. The van der Waals surface area contributed by atoms with E-state index in [-0.39, 0.29) is 0 Å². The summed E-state index contributed by atoms with van der Waals surface area (Å²) in [6.07, 6.45) is 7.97. The molecule has 2 heterocycles. The van der Waals surface area contributed by atoms with Gasteiger partial charge in [0.2, 0.25) is 0 Å². The third-order valence-electron chi connectivity index (χ3n) is 10.5. The van der Waals surface area contributed by atoms with Gasteiger partial charge in [-0.15, -0.1) is 0 Å². The van der Waals surface area contributed by atoms with Crippen molar-refractivity contribution in [3.63, 3.8) is 0 Å². The zero-order valence-corrected chi connectivity index (χ0v) is 28.9. The van der Waals surface area contributed by atoms with Gasteiger partial charge >= 0.3 is 0 Å². The number of furan rings is 1. The molecule has 248 valence electrons. The maximum atomic E-state index is 6.72. The van der Waals surface area contributed by atoms with Crippen LogP contribution in [0, 0.1) is 5.92 Å². The lowest BCUT2D eigenvalue weighted by Crippen LogP contribution is -2.17. The fraction of sp³-hybridized carbons (Fsp3) is 0.0612. The molecule has 3 nitrogen and oxygen atoms in total. The Morgan fingerprint density at radius 2 is 1.21 bits per heavy atom. The van der Waals surface area contributed by atoms with Crippen LogP contribution >= 0.6 is 0 Å². The fourth-order valence-electron chi connectivity index (χ4n) is 7.95. The number of anilines is 2. The topological polar surface area (TPSA) is 21.3 Å². The van der Waals surface area contributed by atoms with Gasteiger partial charge in [-0.25, -0.2) is 0 Å². The van der Waals surface area contributed by atoms with Gasteiger partial charge in [0.15, 0.2) is 5.58 Å². The highest BCUT2D eigenvalue weighted by Gasteiger charge is 2.23. The van der Waals surface area contributed by atoms with E-state index in [4.69, 9.17) is 4.42 Å². The molecule has 0 bridgehead atoms. The van der Waals surface area contributed by atoms with Gasteiger partial charge in [-0.1, -0.05) is 128 Å². The van der Waals surface area contributed by atoms with Gasteiger partial charge in [0.05, 0.1) is 11.0 Å². The van der Waals surface area contributed by atoms with Crippen LogP contribution in [0.4, 0.5) is 11.4 Å². The van der Waals surface area contributed by atoms with E-state index >= 15 is 0 Å². The van der Waals surface area contributed by atoms with Crippen LogP contribution in [0.3, 0.4) is 0 Å². The monoisotopic (exact) mass is 668 g/mol. The molecule has 0 N–H and O–H groups in total. The quantitative estimate of drug-likeness (QED) is 0.176. The number of nitrogens with zero attached hydrogens (tertiary/aromatic N) is 2. The summed E-state index contributed by atoms with van der Waals surface area (Å²) in [6.45, 7) is 2.27. The molecule has 1 unspecified atom stereocenters. The lowest BCUT2D eigenvalue weighted by Gasteiger charge is -2.29. The molecule has 1 aliphatic rings. The lowest BCUT2D eigenvalue weighted by atomic mass is 9.96. The van der Waals surface area contributed by atoms with Gasteiger partial charge in [-0.2, -0.15) is 0 Å². The fourth-order valence-corrected chi connectivity index (χ4v) is 7.95. The summed E-state index contributed by atoms with van der Waals surface area (Å²) in [5.41, 5.74) is 13.4. The summed E-state index contributed by atoms with van der Waals surface area (Å²) in [7, 11) is 0. The normalized spacial score (nSPS) is 14.4. The van der Waals surface area contributed by atoms with E-state index in [0.29, 0.717) is 5.92 Å². The van der Waals surface area contributed by atoms with Gasteiger partial charge in [-0.05, 0) is 95.3 Å². The second kappa shape index (κ2) is 12.3. The minimum absolute atomic E-state index is 0.530. The minimum Gasteiger partial charge on any atom is -0.454 e. The van der Waals surface area contributed by atoms with E-state index in [9.17, 15) is 0 Å². The lowest BCUT2D eigenvalue weighted by molar-refractivity contribution is 0.671. The first-order chi connectivity index (χ1) is 25.7. The molecule has 0 saturated carbocycles. The van der Waals surface area contributed by atoms with Crippen molar-refractivity contribution in [2.75, 3.05) is 4.90 Å². The Morgan fingerprint density at radius 1 is 0.596 bits per heavy atom. The van der Waals surface area contributed by atoms with Crippen molar-refractivity contribution >= 4 is 55.1 Å². The zero-order valence-electron chi connectivity index (χ0n) is 28.9. The van der Waals surface area contributed by atoms with E-state index in [0.717, 1.165) is 62.0 Å². The van der Waals surface area contributed by atoms with Crippen LogP contribution in [-0.2, 0) is 0 Å².